The lowest BCUT2D eigenvalue weighted by atomic mass is 10.1. The Balaban J connectivity index is 2.03. The molecule has 30 heavy (non-hydrogen) atoms. The summed E-state index contributed by atoms with van der Waals surface area (Å²) < 4.78 is 43.9. The van der Waals surface area contributed by atoms with Gasteiger partial charge in [0.15, 0.2) is 0 Å². The summed E-state index contributed by atoms with van der Waals surface area (Å²) in [6.45, 7) is 2.18. The number of hydrogen-bond donors (Lipinski definition) is 2. The quantitative estimate of drug-likeness (QED) is 0.435. The van der Waals surface area contributed by atoms with E-state index in [1.54, 1.807) is 18.2 Å². The number of unbranched alkanes of at least 4 members (excludes halogenated alkanes) is 1. The van der Waals surface area contributed by atoms with Crippen LogP contribution in [0.1, 0.15) is 42.9 Å². The number of thiocarbonyl (C=S) groups is 1. The molecule has 0 atom stereocenters. The van der Waals surface area contributed by atoms with Gasteiger partial charge in [0.1, 0.15) is 17.3 Å². The number of rotatable bonds is 9. The number of nitrogens with one attached hydrogen (secondary N) is 1. The van der Waals surface area contributed by atoms with E-state index >= 15 is 0 Å². The summed E-state index contributed by atoms with van der Waals surface area (Å²) >= 11 is 11.4. The van der Waals surface area contributed by atoms with Gasteiger partial charge in [0.05, 0.1) is 12.2 Å². The maximum Gasteiger partial charge on any atom is 0.416 e. The molecular formula is C22H23ClF3NO2S. The van der Waals surface area contributed by atoms with Gasteiger partial charge in [-0.2, -0.15) is 13.2 Å². The number of halogens is 4. The number of aliphatic hydroxyl groups is 1. The first kappa shape index (κ1) is 24.2. The first-order valence-corrected chi connectivity index (χ1v) is 10.2. The maximum absolute atomic E-state index is 12.7. The molecule has 0 bridgehead atoms. The number of aliphatic hydroxyl groups excluding tert-OH is 1. The minimum Gasteiger partial charge on any atom is -0.489 e. The summed E-state index contributed by atoms with van der Waals surface area (Å²) in [5, 5.41) is 12.7. The molecule has 0 fully saturated rings. The van der Waals surface area contributed by atoms with Crippen LogP contribution in [0.25, 0.3) is 0 Å². The van der Waals surface area contributed by atoms with Crippen LogP contribution >= 0.6 is 23.8 Å². The third-order valence-corrected chi connectivity index (χ3v) is 5.01. The molecule has 0 radical (unpaired) electrons. The molecule has 0 amide bonds. The van der Waals surface area contributed by atoms with E-state index in [1.165, 1.54) is 12.1 Å². The summed E-state index contributed by atoms with van der Waals surface area (Å²) in [6.07, 6.45) is 0.0940. The standard InChI is InChI=1S/C22H23ClF3NO2S/c1-2-3-4-18(11-12-29-19-10-7-16(14-28)20(23)13-19)27-21(30)15-5-8-17(9-6-15)22(24,25)26/h5-11,13,28H,2-4,12,14H2,1H3,(H,27,30)/b18-11+. The van der Waals surface area contributed by atoms with Crippen LogP contribution in [0.3, 0.4) is 0 Å². The zero-order chi connectivity index (χ0) is 22.1. The minimum atomic E-state index is -4.38. The largest absolute Gasteiger partial charge is 0.489 e. The fraction of sp³-hybridized carbons (Fsp3) is 0.318. The summed E-state index contributed by atoms with van der Waals surface area (Å²) in [4.78, 5) is 0.349. The van der Waals surface area contributed by atoms with Gasteiger partial charge in [0.25, 0.3) is 0 Å². The first-order chi connectivity index (χ1) is 14.2. The predicted octanol–water partition coefficient (Wildman–Crippen LogP) is 6.27. The Kier molecular flexibility index (Phi) is 9.14. The highest BCUT2D eigenvalue weighted by atomic mass is 35.5. The molecule has 0 aromatic heterocycles. The van der Waals surface area contributed by atoms with E-state index in [0.717, 1.165) is 37.1 Å². The molecule has 2 aromatic carbocycles. The fourth-order valence-electron chi connectivity index (χ4n) is 2.60. The van der Waals surface area contributed by atoms with Crippen LogP contribution in [0.4, 0.5) is 13.2 Å². The number of hydrogen-bond acceptors (Lipinski definition) is 3. The SMILES string of the molecule is CCCC/C(=C\COc1ccc(CO)c(Cl)c1)NC(=S)c1ccc(C(F)(F)F)cc1. The van der Waals surface area contributed by atoms with Gasteiger partial charge in [0, 0.05) is 16.3 Å². The molecule has 0 unspecified atom stereocenters. The Morgan fingerprint density at radius 1 is 1.20 bits per heavy atom. The Morgan fingerprint density at radius 3 is 2.47 bits per heavy atom. The Bertz CT molecular complexity index is 883. The molecule has 162 valence electrons. The lowest BCUT2D eigenvalue weighted by molar-refractivity contribution is -0.137. The highest BCUT2D eigenvalue weighted by Gasteiger charge is 2.30. The zero-order valence-corrected chi connectivity index (χ0v) is 18.0. The van der Waals surface area contributed by atoms with E-state index in [1.807, 2.05) is 6.08 Å². The van der Waals surface area contributed by atoms with Crippen molar-refractivity contribution < 1.29 is 23.0 Å². The van der Waals surface area contributed by atoms with Crippen molar-refractivity contribution in [2.75, 3.05) is 6.61 Å². The van der Waals surface area contributed by atoms with Gasteiger partial charge in [-0.1, -0.05) is 55.4 Å². The first-order valence-electron chi connectivity index (χ1n) is 9.44. The molecule has 0 aliphatic rings. The number of alkyl halides is 3. The Hall–Kier alpha value is -2.09. The third-order valence-electron chi connectivity index (χ3n) is 4.32. The van der Waals surface area contributed by atoms with Gasteiger partial charge < -0.3 is 15.2 Å². The maximum atomic E-state index is 12.7. The Labute approximate surface area is 184 Å². The number of ether oxygens (including phenoxy) is 1. The van der Waals surface area contributed by atoms with E-state index in [9.17, 15) is 13.2 Å². The van der Waals surface area contributed by atoms with E-state index < -0.39 is 11.7 Å². The smallest absolute Gasteiger partial charge is 0.416 e. The molecule has 0 saturated carbocycles. The minimum absolute atomic E-state index is 0.147. The van der Waals surface area contributed by atoms with Crippen LogP contribution in [0.5, 0.6) is 5.75 Å². The second-order valence-corrected chi connectivity index (χ2v) is 7.40. The molecule has 0 aliphatic heterocycles. The van der Waals surface area contributed by atoms with Crippen LogP contribution in [-0.2, 0) is 12.8 Å². The molecule has 3 nitrogen and oxygen atoms in total. The predicted molar refractivity (Wildman–Crippen MR) is 117 cm³/mol. The molecule has 2 aromatic rings. The third kappa shape index (κ3) is 7.31. The summed E-state index contributed by atoms with van der Waals surface area (Å²) in [5.41, 5.74) is 1.24. The van der Waals surface area contributed by atoms with Crippen molar-refractivity contribution in [3.05, 3.63) is 76.0 Å². The van der Waals surface area contributed by atoms with E-state index in [2.05, 4.69) is 12.2 Å². The van der Waals surface area contributed by atoms with Crippen LogP contribution in [0.15, 0.2) is 54.2 Å². The second kappa shape index (κ2) is 11.3. The van der Waals surface area contributed by atoms with Crippen molar-refractivity contribution in [1.82, 2.24) is 5.32 Å². The van der Waals surface area contributed by atoms with Crippen molar-refractivity contribution in [3.63, 3.8) is 0 Å². The van der Waals surface area contributed by atoms with E-state index in [4.69, 9.17) is 33.7 Å². The lowest BCUT2D eigenvalue weighted by Crippen LogP contribution is -2.22. The number of benzene rings is 2. The average Bonchev–Trinajstić information content (AvgIpc) is 2.71. The molecular weight excluding hydrogens is 435 g/mol. The van der Waals surface area contributed by atoms with Crippen molar-refractivity contribution in [2.24, 2.45) is 0 Å². The van der Waals surface area contributed by atoms with Gasteiger partial charge in [0.2, 0.25) is 0 Å². The summed E-state index contributed by atoms with van der Waals surface area (Å²) in [5.74, 6) is 0.564. The molecule has 0 heterocycles. The molecule has 0 saturated heterocycles. The van der Waals surface area contributed by atoms with E-state index in [0.29, 0.717) is 26.9 Å². The second-order valence-electron chi connectivity index (χ2n) is 6.58. The molecule has 2 N–H and O–H groups in total. The van der Waals surface area contributed by atoms with Gasteiger partial charge in [-0.05, 0) is 48.7 Å². The average molecular weight is 458 g/mol. The van der Waals surface area contributed by atoms with Crippen molar-refractivity contribution in [2.45, 2.75) is 39.0 Å². The number of allylic oxidation sites excluding steroid dienone is 1. The van der Waals surface area contributed by atoms with Gasteiger partial charge in [-0.25, -0.2) is 0 Å². The van der Waals surface area contributed by atoms with Crippen molar-refractivity contribution in [1.29, 1.82) is 0 Å². The Morgan fingerprint density at radius 2 is 1.90 bits per heavy atom. The molecule has 8 heteroatoms. The van der Waals surface area contributed by atoms with Crippen LogP contribution in [0, 0.1) is 0 Å². The molecule has 0 aliphatic carbocycles. The van der Waals surface area contributed by atoms with Gasteiger partial charge in [-0.15, -0.1) is 0 Å². The topological polar surface area (TPSA) is 41.5 Å². The van der Waals surface area contributed by atoms with Crippen molar-refractivity contribution in [3.8, 4) is 5.75 Å². The normalized spacial score (nSPS) is 12.0. The summed E-state index contributed by atoms with van der Waals surface area (Å²) in [7, 11) is 0. The van der Waals surface area contributed by atoms with Gasteiger partial charge in [-0.3, -0.25) is 0 Å². The van der Waals surface area contributed by atoms with Crippen LogP contribution < -0.4 is 10.1 Å². The fourth-order valence-corrected chi connectivity index (χ4v) is 3.09. The molecule has 2 rings (SSSR count). The van der Waals surface area contributed by atoms with Gasteiger partial charge >= 0.3 is 6.18 Å². The zero-order valence-electron chi connectivity index (χ0n) is 16.4. The summed E-state index contributed by atoms with van der Waals surface area (Å²) in [6, 6.07) is 9.79. The lowest BCUT2D eigenvalue weighted by Gasteiger charge is -2.14. The van der Waals surface area contributed by atoms with Crippen LogP contribution in [0.2, 0.25) is 5.02 Å². The molecule has 0 spiro atoms. The monoisotopic (exact) mass is 457 g/mol. The highest BCUT2D eigenvalue weighted by molar-refractivity contribution is 7.80. The highest BCUT2D eigenvalue weighted by Crippen LogP contribution is 2.29. The van der Waals surface area contributed by atoms with E-state index in [-0.39, 0.29) is 13.2 Å². The van der Waals surface area contributed by atoms with Crippen molar-refractivity contribution >= 4 is 28.8 Å². The van der Waals surface area contributed by atoms with Crippen LogP contribution in [-0.4, -0.2) is 16.7 Å².